The van der Waals surface area contributed by atoms with Crippen molar-refractivity contribution in [2.24, 2.45) is 11.3 Å². The molecule has 0 aromatic heterocycles. The molecule has 0 radical (unpaired) electrons. The van der Waals surface area contributed by atoms with Crippen LogP contribution in [0.3, 0.4) is 0 Å². The molecule has 2 nitrogen and oxygen atoms in total. The molecule has 2 heteroatoms. The summed E-state index contributed by atoms with van der Waals surface area (Å²) in [5, 5.41) is 3.59. The van der Waals surface area contributed by atoms with Gasteiger partial charge in [0.15, 0.2) is 0 Å². The Balaban J connectivity index is 4.03. The predicted molar refractivity (Wildman–Crippen MR) is 73.9 cm³/mol. The van der Waals surface area contributed by atoms with E-state index in [1.165, 1.54) is 6.54 Å². The van der Waals surface area contributed by atoms with Gasteiger partial charge in [-0.25, -0.2) is 0 Å². The summed E-state index contributed by atoms with van der Waals surface area (Å²) in [6.07, 6.45) is 0. The van der Waals surface area contributed by atoms with Crippen molar-refractivity contribution >= 4 is 0 Å². The van der Waals surface area contributed by atoms with Crippen molar-refractivity contribution in [2.75, 3.05) is 26.7 Å². The van der Waals surface area contributed by atoms with Gasteiger partial charge in [0.1, 0.15) is 0 Å². The highest BCUT2D eigenvalue weighted by Crippen LogP contribution is 2.17. The minimum absolute atomic E-state index is 0.216. The molecule has 1 N–H and O–H groups in total. The first-order chi connectivity index (χ1) is 7.02. The van der Waals surface area contributed by atoms with Gasteiger partial charge in [0, 0.05) is 25.2 Å². The molecule has 0 aromatic carbocycles. The van der Waals surface area contributed by atoms with Gasteiger partial charge < -0.3 is 10.2 Å². The molecule has 16 heavy (non-hydrogen) atoms. The van der Waals surface area contributed by atoms with Crippen LogP contribution in [0.25, 0.3) is 0 Å². The van der Waals surface area contributed by atoms with Crippen LogP contribution >= 0.6 is 0 Å². The fourth-order valence-electron chi connectivity index (χ4n) is 1.98. The van der Waals surface area contributed by atoms with Crippen molar-refractivity contribution in [2.45, 2.75) is 54.0 Å². The molecule has 0 bridgehead atoms. The second-order valence-electron chi connectivity index (χ2n) is 7.36. The summed E-state index contributed by atoms with van der Waals surface area (Å²) in [5.74, 6) is 0.747. The highest BCUT2D eigenvalue weighted by molar-refractivity contribution is 4.80. The smallest absolute Gasteiger partial charge is 0.00967 e. The molecular formula is C14H32N2. The summed E-state index contributed by atoms with van der Waals surface area (Å²) in [5.41, 5.74) is 0.546. The zero-order valence-electron chi connectivity index (χ0n) is 12.6. The van der Waals surface area contributed by atoms with Gasteiger partial charge in [-0.05, 0) is 39.2 Å². The fraction of sp³-hybridized carbons (Fsp3) is 1.00. The van der Waals surface area contributed by atoms with E-state index in [4.69, 9.17) is 0 Å². The monoisotopic (exact) mass is 228 g/mol. The van der Waals surface area contributed by atoms with Crippen LogP contribution in [-0.2, 0) is 0 Å². The Kier molecular flexibility index (Phi) is 5.99. The Labute approximate surface area is 103 Å². The lowest BCUT2D eigenvalue weighted by Gasteiger charge is -2.34. The van der Waals surface area contributed by atoms with E-state index in [9.17, 15) is 0 Å². The first-order valence-corrected chi connectivity index (χ1v) is 6.45. The predicted octanol–water partition coefficient (Wildman–Crippen LogP) is 2.99. The molecule has 0 unspecified atom stereocenters. The Hall–Kier alpha value is -0.0800. The van der Waals surface area contributed by atoms with Gasteiger partial charge in [-0.1, -0.05) is 27.7 Å². The molecule has 0 aliphatic carbocycles. The molecule has 0 heterocycles. The number of hydrogen-bond acceptors (Lipinski definition) is 2. The lowest BCUT2D eigenvalue weighted by atomic mass is 9.91. The lowest BCUT2D eigenvalue weighted by molar-refractivity contribution is 0.179. The second kappa shape index (κ2) is 6.02. The van der Waals surface area contributed by atoms with Crippen LogP contribution < -0.4 is 5.32 Å². The van der Waals surface area contributed by atoms with E-state index in [2.05, 4.69) is 65.7 Å². The molecule has 0 saturated heterocycles. The maximum absolute atomic E-state index is 3.59. The van der Waals surface area contributed by atoms with Crippen LogP contribution in [0.15, 0.2) is 0 Å². The van der Waals surface area contributed by atoms with Gasteiger partial charge in [0.2, 0.25) is 0 Å². The Bertz CT molecular complexity index is 189. The average molecular weight is 228 g/mol. The zero-order valence-corrected chi connectivity index (χ0v) is 12.6. The van der Waals surface area contributed by atoms with Gasteiger partial charge in [0.25, 0.3) is 0 Å². The van der Waals surface area contributed by atoms with Crippen molar-refractivity contribution in [3.63, 3.8) is 0 Å². The van der Waals surface area contributed by atoms with Crippen molar-refractivity contribution in [1.29, 1.82) is 0 Å². The van der Waals surface area contributed by atoms with E-state index >= 15 is 0 Å². The maximum Gasteiger partial charge on any atom is 0.00967 e. The Morgan fingerprint density at radius 2 is 1.56 bits per heavy atom. The average Bonchev–Trinajstić information content (AvgIpc) is 1.96. The molecule has 0 spiro atoms. The zero-order chi connectivity index (χ0) is 13.0. The van der Waals surface area contributed by atoms with Crippen LogP contribution in [0, 0.1) is 11.3 Å². The van der Waals surface area contributed by atoms with Gasteiger partial charge in [-0.3, -0.25) is 0 Å². The molecular weight excluding hydrogens is 196 g/mol. The van der Waals surface area contributed by atoms with E-state index in [1.54, 1.807) is 0 Å². The third-order valence-electron chi connectivity index (χ3n) is 2.47. The molecule has 0 amide bonds. The molecule has 0 saturated carbocycles. The quantitative estimate of drug-likeness (QED) is 0.752. The van der Waals surface area contributed by atoms with Gasteiger partial charge in [-0.15, -0.1) is 0 Å². The van der Waals surface area contributed by atoms with Crippen molar-refractivity contribution in [1.82, 2.24) is 10.2 Å². The third-order valence-corrected chi connectivity index (χ3v) is 2.47. The maximum atomic E-state index is 3.59. The number of nitrogens with zero attached hydrogens (tertiary/aromatic N) is 1. The standard InChI is InChI=1S/C14H32N2/c1-12(2)9-16(8)11-14(6,7)10-15-13(3,4)5/h12,15H,9-11H2,1-8H3. The minimum atomic E-state index is 0.216. The number of rotatable bonds is 6. The summed E-state index contributed by atoms with van der Waals surface area (Å²) < 4.78 is 0. The molecule has 0 aliphatic heterocycles. The van der Waals surface area contributed by atoms with Crippen molar-refractivity contribution in [3.05, 3.63) is 0 Å². The summed E-state index contributed by atoms with van der Waals surface area (Å²) in [6.45, 7) is 19.3. The van der Waals surface area contributed by atoms with E-state index < -0.39 is 0 Å². The first kappa shape index (κ1) is 15.9. The summed E-state index contributed by atoms with van der Waals surface area (Å²) in [6, 6.07) is 0. The molecule has 0 rings (SSSR count). The highest BCUT2D eigenvalue weighted by Gasteiger charge is 2.22. The fourth-order valence-corrected chi connectivity index (χ4v) is 1.98. The Morgan fingerprint density at radius 1 is 1.06 bits per heavy atom. The van der Waals surface area contributed by atoms with Crippen LogP contribution in [0.1, 0.15) is 48.5 Å². The van der Waals surface area contributed by atoms with E-state index in [-0.39, 0.29) is 5.54 Å². The topological polar surface area (TPSA) is 15.3 Å². The molecule has 0 aromatic rings. The van der Waals surface area contributed by atoms with Crippen LogP contribution in [0.2, 0.25) is 0 Å². The highest BCUT2D eigenvalue weighted by atomic mass is 15.1. The minimum Gasteiger partial charge on any atom is -0.311 e. The Morgan fingerprint density at radius 3 is 1.94 bits per heavy atom. The largest absolute Gasteiger partial charge is 0.311 e. The number of hydrogen-bond donors (Lipinski definition) is 1. The first-order valence-electron chi connectivity index (χ1n) is 6.45. The van der Waals surface area contributed by atoms with E-state index in [0.29, 0.717) is 5.41 Å². The molecule has 98 valence electrons. The molecule has 0 fully saturated rings. The number of nitrogens with one attached hydrogen (secondary N) is 1. The van der Waals surface area contributed by atoms with Gasteiger partial charge in [-0.2, -0.15) is 0 Å². The van der Waals surface area contributed by atoms with Crippen LogP contribution in [0.5, 0.6) is 0 Å². The van der Waals surface area contributed by atoms with E-state index in [1.807, 2.05) is 0 Å². The SMILES string of the molecule is CC(C)CN(C)CC(C)(C)CNC(C)(C)C. The molecule has 0 atom stereocenters. The molecule has 0 aliphatic rings. The van der Waals surface area contributed by atoms with Crippen LogP contribution in [-0.4, -0.2) is 37.1 Å². The second-order valence-corrected chi connectivity index (χ2v) is 7.36. The van der Waals surface area contributed by atoms with Crippen LogP contribution in [0.4, 0.5) is 0 Å². The van der Waals surface area contributed by atoms with E-state index in [0.717, 1.165) is 19.0 Å². The normalized spacial score (nSPS) is 13.9. The summed E-state index contributed by atoms with van der Waals surface area (Å²) in [4.78, 5) is 2.44. The van der Waals surface area contributed by atoms with Gasteiger partial charge in [0.05, 0.1) is 0 Å². The van der Waals surface area contributed by atoms with Gasteiger partial charge >= 0.3 is 0 Å². The van der Waals surface area contributed by atoms with Crippen molar-refractivity contribution in [3.8, 4) is 0 Å². The lowest BCUT2D eigenvalue weighted by Crippen LogP contribution is -2.46. The summed E-state index contributed by atoms with van der Waals surface area (Å²) in [7, 11) is 2.22. The van der Waals surface area contributed by atoms with Crippen molar-refractivity contribution < 1.29 is 0 Å². The summed E-state index contributed by atoms with van der Waals surface area (Å²) >= 11 is 0. The third kappa shape index (κ3) is 9.17.